The smallest absolute Gasteiger partial charge is 0.332 e. The van der Waals surface area contributed by atoms with Crippen LogP contribution >= 0.6 is 23.2 Å². The fourth-order valence-electron chi connectivity index (χ4n) is 5.85. The van der Waals surface area contributed by atoms with Crippen molar-refractivity contribution in [2.45, 2.75) is 18.4 Å². The lowest BCUT2D eigenvalue weighted by Gasteiger charge is -2.34. The molecule has 45 heavy (non-hydrogen) atoms. The van der Waals surface area contributed by atoms with Crippen molar-refractivity contribution in [3.8, 4) is 6.07 Å². The second kappa shape index (κ2) is 13.1. The Morgan fingerprint density at radius 1 is 1.07 bits per heavy atom. The molecule has 5 rings (SSSR count). The maximum Gasteiger partial charge on any atom is 0.332 e. The van der Waals surface area contributed by atoms with Crippen molar-refractivity contribution in [2.75, 3.05) is 43.5 Å². The van der Waals surface area contributed by atoms with Crippen LogP contribution in [0.15, 0.2) is 72.8 Å². The number of benzene rings is 3. The molecule has 10 nitrogen and oxygen atoms in total. The van der Waals surface area contributed by atoms with E-state index in [2.05, 4.69) is 11.4 Å². The van der Waals surface area contributed by atoms with E-state index in [0.717, 1.165) is 16.0 Å². The zero-order chi connectivity index (χ0) is 32.3. The topological polar surface area (TPSA) is 123 Å². The number of rotatable bonds is 8. The Bertz CT molecular complexity index is 1700. The number of anilines is 2. The van der Waals surface area contributed by atoms with E-state index in [-0.39, 0.29) is 41.3 Å². The van der Waals surface area contributed by atoms with Crippen LogP contribution in [-0.4, -0.2) is 72.4 Å². The summed E-state index contributed by atoms with van der Waals surface area (Å²) in [6.45, 7) is 2.36. The van der Waals surface area contributed by atoms with Crippen LogP contribution in [0.1, 0.15) is 29.5 Å². The first-order valence-electron chi connectivity index (χ1n) is 14.1. The summed E-state index contributed by atoms with van der Waals surface area (Å²) >= 11 is 12.4. The van der Waals surface area contributed by atoms with E-state index in [1.54, 1.807) is 68.6 Å². The SMILES string of the molecule is CCOC(=O)C=Cc1ccc(NC(=O)CN2C[C@@H](c3ccc(C#N)cc3)[C@]3(C2)C(=O)N(c2cc(Cl)cc(Cl)c2)C(=O)N3C)cc1. The van der Waals surface area contributed by atoms with Crippen molar-refractivity contribution in [3.05, 3.63) is 99.5 Å². The van der Waals surface area contributed by atoms with Crippen LogP contribution in [-0.2, 0) is 19.1 Å². The van der Waals surface area contributed by atoms with Gasteiger partial charge >= 0.3 is 12.0 Å². The van der Waals surface area contributed by atoms with Crippen LogP contribution in [0, 0.1) is 11.3 Å². The number of carbonyl (C=O) groups excluding carboxylic acids is 4. The van der Waals surface area contributed by atoms with Gasteiger partial charge in [-0.25, -0.2) is 14.5 Å². The van der Waals surface area contributed by atoms with Crippen LogP contribution < -0.4 is 10.2 Å². The van der Waals surface area contributed by atoms with E-state index in [1.807, 2.05) is 4.90 Å². The van der Waals surface area contributed by atoms with Gasteiger partial charge in [0, 0.05) is 47.9 Å². The molecule has 0 radical (unpaired) electrons. The Balaban J connectivity index is 1.38. The van der Waals surface area contributed by atoms with E-state index in [1.165, 1.54) is 29.2 Å². The third-order valence-electron chi connectivity index (χ3n) is 7.94. The van der Waals surface area contributed by atoms with E-state index < -0.39 is 29.4 Å². The molecule has 230 valence electrons. The summed E-state index contributed by atoms with van der Waals surface area (Å²) in [5.41, 5.74) is 1.43. The van der Waals surface area contributed by atoms with E-state index in [4.69, 9.17) is 27.9 Å². The number of likely N-dealkylation sites (N-methyl/N-ethyl adjacent to an activating group) is 1. The monoisotopic (exact) mass is 645 g/mol. The molecule has 2 aliphatic rings. The molecule has 0 unspecified atom stereocenters. The normalized spacial score (nSPS) is 19.8. The van der Waals surface area contributed by atoms with Gasteiger partial charge in [-0.2, -0.15) is 5.26 Å². The van der Waals surface area contributed by atoms with Crippen LogP contribution in [0.4, 0.5) is 16.2 Å². The van der Waals surface area contributed by atoms with Crippen molar-refractivity contribution >= 4 is 64.5 Å². The van der Waals surface area contributed by atoms with Crippen molar-refractivity contribution in [3.63, 3.8) is 0 Å². The van der Waals surface area contributed by atoms with Crippen molar-refractivity contribution in [1.82, 2.24) is 9.80 Å². The van der Waals surface area contributed by atoms with Gasteiger partial charge in [-0.1, -0.05) is 47.5 Å². The van der Waals surface area contributed by atoms with Crippen LogP contribution in [0.3, 0.4) is 0 Å². The Morgan fingerprint density at radius 2 is 1.73 bits per heavy atom. The summed E-state index contributed by atoms with van der Waals surface area (Å²) in [5.74, 6) is -1.72. The lowest BCUT2D eigenvalue weighted by Crippen LogP contribution is -2.53. The molecule has 2 atom stereocenters. The van der Waals surface area contributed by atoms with Crippen LogP contribution in [0.2, 0.25) is 10.0 Å². The van der Waals surface area contributed by atoms with E-state index >= 15 is 0 Å². The molecule has 12 heteroatoms. The largest absolute Gasteiger partial charge is 0.463 e. The molecule has 0 aliphatic carbocycles. The zero-order valence-electron chi connectivity index (χ0n) is 24.5. The van der Waals surface area contributed by atoms with E-state index in [9.17, 15) is 24.4 Å². The number of amides is 4. The standard InChI is InChI=1S/C33H29Cl2N5O5/c1-3-45-30(42)13-8-21-6-11-26(12-7-21)37-29(41)19-39-18-28(23-9-4-22(17-36)5-10-23)33(20-39)31(43)40(32(44)38(33)2)27-15-24(34)14-25(35)16-27/h4-16,28H,3,18-20H2,1-2H3,(H,37,41)/t28-,33+/m0/s1. The highest BCUT2D eigenvalue weighted by molar-refractivity contribution is 6.35. The van der Waals surface area contributed by atoms with Gasteiger partial charge in [0.1, 0.15) is 5.54 Å². The number of nitrogens with zero attached hydrogens (tertiary/aromatic N) is 4. The highest BCUT2D eigenvalue weighted by atomic mass is 35.5. The average molecular weight is 647 g/mol. The summed E-state index contributed by atoms with van der Waals surface area (Å²) in [4.78, 5) is 57.1. The number of imide groups is 1. The number of nitrogens with one attached hydrogen (secondary N) is 1. The van der Waals surface area contributed by atoms with Gasteiger partial charge in [0.25, 0.3) is 5.91 Å². The number of likely N-dealkylation sites (tertiary alicyclic amines) is 1. The Kier molecular flexibility index (Phi) is 9.25. The van der Waals surface area contributed by atoms with Crippen molar-refractivity contribution in [2.24, 2.45) is 0 Å². The predicted octanol–water partition coefficient (Wildman–Crippen LogP) is 5.32. The molecule has 4 amide bonds. The highest BCUT2D eigenvalue weighted by Crippen LogP contribution is 2.46. The minimum Gasteiger partial charge on any atom is -0.463 e. The molecule has 2 heterocycles. The van der Waals surface area contributed by atoms with E-state index in [0.29, 0.717) is 17.8 Å². The summed E-state index contributed by atoms with van der Waals surface area (Å²) in [5, 5.41) is 12.7. The molecule has 3 aromatic carbocycles. The molecule has 0 bridgehead atoms. The van der Waals surface area contributed by atoms with Crippen molar-refractivity contribution in [1.29, 1.82) is 5.26 Å². The maximum atomic E-state index is 14.3. The number of esters is 1. The van der Waals surface area contributed by atoms with Gasteiger partial charge in [-0.3, -0.25) is 14.5 Å². The van der Waals surface area contributed by atoms with Gasteiger partial charge in [-0.15, -0.1) is 0 Å². The molecule has 0 saturated carbocycles. The first-order chi connectivity index (χ1) is 21.5. The molecule has 3 aromatic rings. The second-order valence-corrected chi connectivity index (χ2v) is 11.6. The average Bonchev–Trinajstić information content (AvgIpc) is 3.47. The second-order valence-electron chi connectivity index (χ2n) is 10.7. The lowest BCUT2D eigenvalue weighted by molar-refractivity contribution is -0.137. The number of hydrogen-bond donors (Lipinski definition) is 1. The molecule has 2 saturated heterocycles. The molecule has 0 aromatic heterocycles. The maximum absolute atomic E-state index is 14.3. The van der Waals surface area contributed by atoms with Crippen molar-refractivity contribution < 1.29 is 23.9 Å². The third kappa shape index (κ3) is 6.42. The minimum atomic E-state index is -1.34. The fourth-order valence-corrected chi connectivity index (χ4v) is 6.36. The molecular formula is C33H29Cl2N5O5. The summed E-state index contributed by atoms with van der Waals surface area (Å²) in [6, 6.07) is 19.9. The first-order valence-corrected chi connectivity index (χ1v) is 14.9. The zero-order valence-corrected chi connectivity index (χ0v) is 26.0. The number of halogens is 2. The highest BCUT2D eigenvalue weighted by Gasteiger charge is 2.64. The molecule has 1 spiro atoms. The number of ether oxygens (including phenoxy) is 1. The molecule has 2 aliphatic heterocycles. The summed E-state index contributed by atoms with van der Waals surface area (Å²) in [6.07, 6.45) is 2.95. The number of carbonyl (C=O) groups is 4. The third-order valence-corrected chi connectivity index (χ3v) is 8.38. The lowest BCUT2D eigenvalue weighted by atomic mass is 9.80. The number of hydrogen-bond acceptors (Lipinski definition) is 7. The predicted molar refractivity (Wildman–Crippen MR) is 171 cm³/mol. The Hall–Kier alpha value is -4.69. The summed E-state index contributed by atoms with van der Waals surface area (Å²) < 4.78 is 4.88. The quantitative estimate of drug-likeness (QED) is 0.200. The summed E-state index contributed by atoms with van der Waals surface area (Å²) in [7, 11) is 1.57. The van der Waals surface area contributed by atoms with Crippen LogP contribution in [0.25, 0.3) is 6.08 Å². The number of urea groups is 1. The number of nitriles is 1. The Labute approximate surface area is 270 Å². The Morgan fingerprint density at radius 3 is 2.36 bits per heavy atom. The van der Waals surface area contributed by atoms with Gasteiger partial charge in [0.05, 0.1) is 30.5 Å². The molecule has 1 N–H and O–H groups in total. The van der Waals surface area contributed by atoms with Gasteiger partial charge in [0.15, 0.2) is 0 Å². The minimum absolute atomic E-state index is 0.0443. The fraction of sp³-hybridized carbons (Fsp3) is 0.242. The first kappa shape index (κ1) is 31.7. The van der Waals surface area contributed by atoms with Gasteiger partial charge < -0.3 is 15.0 Å². The van der Waals surface area contributed by atoms with Gasteiger partial charge in [-0.05, 0) is 66.6 Å². The van der Waals surface area contributed by atoms with Gasteiger partial charge in [0.2, 0.25) is 5.91 Å². The van der Waals surface area contributed by atoms with Crippen LogP contribution in [0.5, 0.6) is 0 Å². The molecule has 2 fully saturated rings. The molecular weight excluding hydrogens is 617 g/mol.